The van der Waals surface area contributed by atoms with Crippen LogP contribution in [0.15, 0.2) is 30.6 Å². The summed E-state index contributed by atoms with van der Waals surface area (Å²) in [6.07, 6.45) is 5.14. The minimum Gasteiger partial charge on any atom is -0.477 e. The molecule has 2 aromatic heterocycles. The molecule has 2 N–H and O–H groups in total. The molecule has 0 saturated heterocycles. The second-order valence-electron chi connectivity index (χ2n) is 4.87. The number of aromatic nitrogens is 2. The molecule has 1 fully saturated rings. The summed E-state index contributed by atoms with van der Waals surface area (Å²) in [6.45, 7) is 0. The first-order valence-electron chi connectivity index (χ1n) is 6.42. The number of rotatable bonds is 4. The number of nitrogens with one attached hydrogen (secondary N) is 1. The third-order valence-electron chi connectivity index (χ3n) is 3.23. The van der Waals surface area contributed by atoms with Crippen molar-refractivity contribution in [1.82, 2.24) is 9.55 Å². The van der Waals surface area contributed by atoms with Crippen molar-refractivity contribution in [3.63, 3.8) is 0 Å². The molecule has 0 unspecified atom stereocenters. The quantitative estimate of drug-likeness (QED) is 0.909. The molecule has 0 radical (unpaired) electrons. The number of carboxylic acid groups (broad SMARTS) is 1. The number of amides is 1. The van der Waals surface area contributed by atoms with Crippen molar-refractivity contribution in [2.45, 2.75) is 18.9 Å². The molecule has 7 heteroatoms. The van der Waals surface area contributed by atoms with Gasteiger partial charge in [0.25, 0.3) is 5.91 Å². The Hall–Kier alpha value is -2.34. The summed E-state index contributed by atoms with van der Waals surface area (Å²) in [6, 6.07) is 4.78. The predicted molar refractivity (Wildman–Crippen MR) is 76.9 cm³/mol. The molecule has 1 aliphatic rings. The molecular weight excluding hydrogens is 294 g/mol. The molecule has 6 nitrogen and oxygen atoms in total. The Labute approximate surface area is 125 Å². The summed E-state index contributed by atoms with van der Waals surface area (Å²) >= 11 is 5.96. The van der Waals surface area contributed by atoms with E-state index in [9.17, 15) is 9.59 Å². The first-order valence-corrected chi connectivity index (χ1v) is 6.80. The molecule has 1 amide bonds. The van der Waals surface area contributed by atoms with Gasteiger partial charge >= 0.3 is 5.97 Å². The molecule has 0 aliphatic heterocycles. The summed E-state index contributed by atoms with van der Waals surface area (Å²) in [5.74, 6) is -1.47. The van der Waals surface area contributed by atoms with Crippen LogP contribution >= 0.6 is 11.6 Å². The van der Waals surface area contributed by atoms with Crippen molar-refractivity contribution in [2.75, 3.05) is 5.32 Å². The molecule has 21 heavy (non-hydrogen) atoms. The van der Waals surface area contributed by atoms with Gasteiger partial charge in [0.05, 0.1) is 5.02 Å². The van der Waals surface area contributed by atoms with E-state index in [-0.39, 0.29) is 11.6 Å². The van der Waals surface area contributed by atoms with Crippen LogP contribution < -0.4 is 5.32 Å². The number of anilines is 1. The minimum atomic E-state index is -1.14. The van der Waals surface area contributed by atoms with Gasteiger partial charge in [-0.3, -0.25) is 4.79 Å². The lowest BCUT2D eigenvalue weighted by Gasteiger charge is -2.08. The summed E-state index contributed by atoms with van der Waals surface area (Å²) < 4.78 is 1.86. The molecular formula is C14H12ClN3O3. The Bertz CT molecular complexity index is 722. The molecule has 2 heterocycles. The highest BCUT2D eigenvalue weighted by Gasteiger charge is 2.27. The van der Waals surface area contributed by atoms with Crippen LogP contribution in [0.5, 0.6) is 0 Å². The third-order valence-corrected chi connectivity index (χ3v) is 3.43. The van der Waals surface area contributed by atoms with Gasteiger partial charge in [-0.1, -0.05) is 11.6 Å². The van der Waals surface area contributed by atoms with Gasteiger partial charge < -0.3 is 15.0 Å². The maximum Gasteiger partial charge on any atom is 0.354 e. The summed E-state index contributed by atoms with van der Waals surface area (Å²) in [7, 11) is 0. The van der Waals surface area contributed by atoms with Gasteiger partial charge in [0.1, 0.15) is 11.4 Å². The standard InChI is InChI=1S/C14H12ClN3O3/c15-8-5-12(18(7-8)10-1-2-10)13(19)17-9-3-4-16-11(6-9)14(20)21/h3-7,10H,1-2H2,(H,20,21)(H,16,17,19). The van der Waals surface area contributed by atoms with Gasteiger partial charge in [-0.15, -0.1) is 0 Å². The molecule has 1 aliphatic carbocycles. The Balaban J connectivity index is 1.83. The first kappa shape index (κ1) is 13.6. The fraction of sp³-hybridized carbons (Fsp3) is 0.214. The van der Waals surface area contributed by atoms with E-state index in [1.165, 1.54) is 18.3 Å². The van der Waals surface area contributed by atoms with E-state index in [0.29, 0.717) is 22.4 Å². The van der Waals surface area contributed by atoms with Gasteiger partial charge in [0.15, 0.2) is 0 Å². The van der Waals surface area contributed by atoms with E-state index in [1.54, 1.807) is 12.3 Å². The van der Waals surface area contributed by atoms with Crippen molar-refractivity contribution in [3.05, 3.63) is 47.0 Å². The van der Waals surface area contributed by atoms with Crippen LogP contribution in [-0.2, 0) is 0 Å². The Morgan fingerprint density at radius 2 is 2.14 bits per heavy atom. The van der Waals surface area contributed by atoms with E-state index < -0.39 is 5.97 Å². The van der Waals surface area contributed by atoms with Crippen LogP contribution in [0.1, 0.15) is 39.9 Å². The molecule has 108 valence electrons. The monoisotopic (exact) mass is 305 g/mol. The molecule has 0 aromatic carbocycles. The second kappa shape index (κ2) is 5.21. The van der Waals surface area contributed by atoms with Crippen LogP contribution in [0.25, 0.3) is 0 Å². The van der Waals surface area contributed by atoms with Crippen LogP contribution in [0.4, 0.5) is 5.69 Å². The smallest absolute Gasteiger partial charge is 0.354 e. The molecule has 0 spiro atoms. The highest BCUT2D eigenvalue weighted by molar-refractivity contribution is 6.31. The van der Waals surface area contributed by atoms with Crippen molar-refractivity contribution in [2.24, 2.45) is 0 Å². The predicted octanol–water partition coefficient (Wildman–Crippen LogP) is 2.82. The number of carbonyl (C=O) groups excluding carboxylic acids is 1. The zero-order valence-electron chi connectivity index (χ0n) is 10.9. The summed E-state index contributed by atoms with van der Waals surface area (Å²) in [5.41, 5.74) is 0.728. The van der Waals surface area contributed by atoms with E-state index in [2.05, 4.69) is 10.3 Å². The maximum atomic E-state index is 12.3. The SMILES string of the molecule is O=C(O)c1cc(NC(=O)c2cc(Cl)cn2C2CC2)ccn1. The maximum absolute atomic E-state index is 12.3. The van der Waals surface area contributed by atoms with Gasteiger partial charge in [-0.25, -0.2) is 9.78 Å². The minimum absolute atomic E-state index is 0.122. The zero-order chi connectivity index (χ0) is 15.0. The lowest BCUT2D eigenvalue weighted by atomic mass is 10.3. The van der Waals surface area contributed by atoms with Crippen LogP contribution in [0.3, 0.4) is 0 Å². The third kappa shape index (κ3) is 2.90. The summed E-state index contributed by atoms with van der Waals surface area (Å²) in [4.78, 5) is 26.9. The molecule has 1 saturated carbocycles. The van der Waals surface area contributed by atoms with Crippen molar-refractivity contribution in [3.8, 4) is 0 Å². The lowest BCUT2D eigenvalue weighted by molar-refractivity contribution is 0.0690. The van der Waals surface area contributed by atoms with Crippen molar-refractivity contribution < 1.29 is 14.7 Å². The van der Waals surface area contributed by atoms with Crippen molar-refractivity contribution in [1.29, 1.82) is 0 Å². The lowest BCUT2D eigenvalue weighted by Crippen LogP contribution is -2.16. The van der Waals surface area contributed by atoms with E-state index in [1.807, 2.05) is 4.57 Å². The number of nitrogens with zero attached hydrogens (tertiary/aromatic N) is 2. The highest BCUT2D eigenvalue weighted by Crippen LogP contribution is 2.37. The average Bonchev–Trinajstić information content (AvgIpc) is 3.21. The number of pyridine rings is 1. The van der Waals surface area contributed by atoms with Gasteiger partial charge in [0.2, 0.25) is 0 Å². The Kier molecular flexibility index (Phi) is 3.39. The largest absolute Gasteiger partial charge is 0.477 e. The number of hydrogen-bond donors (Lipinski definition) is 2. The fourth-order valence-electron chi connectivity index (χ4n) is 2.10. The van der Waals surface area contributed by atoms with Crippen LogP contribution in [0, 0.1) is 0 Å². The zero-order valence-corrected chi connectivity index (χ0v) is 11.7. The fourth-order valence-corrected chi connectivity index (χ4v) is 2.31. The number of halogens is 1. The topological polar surface area (TPSA) is 84.2 Å². The summed E-state index contributed by atoms with van der Waals surface area (Å²) in [5, 5.41) is 12.1. The molecule has 2 aromatic rings. The van der Waals surface area contributed by atoms with Crippen LogP contribution in [-0.4, -0.2) is 26.5 Å². The second-order valence-corrected chi connectivity index (χ2v) is 5.31. The van der Waals surface area contributed by atoms with Crippen LogP contribution in [0.2, 0.25) is 5.02 Å². The molecule has 0 atom stereocenters. The van der Waals surface area contributed by atoms with E-state index >= 15 is 0 Å². The molecule has 3 rings (SSSR count). The average molecular weight is 306 g/mol. The van der Waals surface area contributed by atoms with E-state index in [0.717, 1.165) is 12.8 Å². The Morgan fingerprint density at radius 1 is 1.38 bits per heavy atom. The van der Waals surface area contributed by atoms with Gasteiger partial charge in [-0.05, 0) is 31.0 Å². The van der Waals surface area contributed by atoms with Crippen molar-refractivity contribution >= 4 is 29.2 Å². The number of hydrogen-bond acceptors (Lipinski definition) is 3. The Morgan fingerprint density at radius 3 is 2.81 bits per heavy atom. The highest BCUT2D eigenvalue weighted by atomic mass is 35.5. The van der Waals surface area contributed by atoms with Gasteiger partial charge in [0, 0.05) is 24.1 Å². The number of carbonyl (C=O) groups is 2. The number of aromatic carboxylic acids is 1. The normalized spacial score (nSPS) is 14.0. The number of carboxylic acids is 1. The molecule has 0 bridgehead atoms. The van der Waals surface area contributed by atoms with E-state index in [4.69, 9.17) is 16.7 Å². The van der Waals surface area contributed by atoms with Gasteiger partial charge in [-0.2, -0.15) is 0 Å². The first-order chi connectivity index (χ1) is 10.0.